The molecule has 1 N–H and O–H groups in total. The van der Waals surface area contributed by atoms with Gasteiger partial charge < -0.3 is 5.32 Å². The predicted octanol–water partition coefficient (Wildman–Crippen LogP) is 1.49. The lowest BCUT2D eigenvalue weighted by Crippen LogP contribution is -2.40. The summed E-state index contributed by atoms with van der Waals surface area (Å²) in [6, 6.07) is 1.15. The third-order valence-electron chi connectivity index (χ3n) is 1.99. The van der Waals surface area contributed by atoms with Crippen LogP contribution in [0.25, 0.3) is 0 Å². The Kier molecular flexibility index (Phi) is 6.03. The number of hydrogen-bond donors (Lipinski definition) is 1. The number of nitrogens with one attached hydrogen (secondary N) is 1. The lowest BCUT2D eigenvalue weighted by molar-refractivity contribution is 0.271. The minimum Gasteiger partial charge on any atom is -0.313 e. The van der Waals surface area contributed by atoms with Gasteiger partial charge >= 0.3 is 0 Å². The monoisotopic (exact) mass is 170 g/mol. The molecule has 72 valence electrons. The van der Waals surface area contributed by atoms with Crippen LogP contribution in [0.2, 0.25) is 0 Å². The highest BCUT2D eigenvalue weighted by molar-refractivity contribution is 4.76. The number of hydrogen-bond acceptors (Lipinski definition) is 2. The van der Waals surface area contributed by atoms with Crippen LogP contribution in [0, 0.1) is 0 Å². The third-order valence-corrected chi connectivity index (χ3v) is 1.99. The molecule has 0 rings (SSSR count). The molecule has 12 heavy (non-hydrogen) atoms. The van der Waals surface area contributed by atoms with E-state index in [-0.39, 0.29) is 0 Å². The fourth-order valence-corrected chi connectivity index (χ4v) is 0.946. The zero-order chi connectivity index (χ0) is 9.56. The Balaban J connectivity index is 3.55. The van der Waals surface area contributed by atoms with Gasteiger partial charge in [-0.2, -0.15) is 0 Å². The first-order valence-electron chi connectivity index (χ1n) is 4.62. The second kappa shape index (κ2) is 6.21. The Morgan fingerprint density at radius 3 is 2.42 bits per heavy atom. The maximum Gasteiger partial charge on any atom is 0.0192 e. The molecule has 0 aromatic heterocycles. The lowest BCUT2D eigenvalue weighted by Gasteiger charge is -2.24. The van der Waals surface area contributed by atoms with Crippen molar-refractivity contribution in [3.05, 3.63) is 12.7 Å². The Hall–Kier alpha value is -0.340. The van der Waals surface area contributed by atoms with Gasteiger partial charge in [0.25, 0.3) is 0 Å². The number of likely N-dealkylation sites (N-methyl/N-ethyl adjacent to an activating group) is 1. The van der Waals surface area contributed by atoms with Gasteiger partial charge in [-0.05, 0) is 14.0 Å². The molecular formula is C10H22N2. The van der Waals surface area contributed by atoms with Crippen molar-refractivity contribution in [3.8, 4) is 0 Å². The summed E-state index contributed by atoms with van der Waals surface area (Å²) in [5.41, 5.74) is 0. The first kappa shape index (κ1) is 11.7. The molecule has 0 spiro atoms. The topological polar surface area (TPSA) is 15.3 Å². The van der Waals surface area contributed by atoms with Crippen LogP contribution in [0.1, 0.15) is 20.8 Å². The summed E-state index contributed by atoms with van der Waals surface area (Å²) in [6.07, 6.45) is 1.94. The molecular weight excluding hydrogens is 148 g/mol. The molecule has 0 radical (unpaired) electrons. The SMILES string of the molecule is C=CCN(C)C(C)CNC(C)C. The Bertz CT molecular complexity index is 121. The molecule has 0 aliphatic heterocycles. The van der Waals surface area contributed by atoms with E-state index in [9.17, 15) is 0 Å². The molecule has 0 saturated carbocycles. The Morgan fingerprint density at radius 2 is 2.00 bits per heavy atom. The van der Waals surface area contributed by atoms with E-state index in [1.165, 1.54) is 0 Å². The van der Waals surface area contributed by atoms with Gasteiger partial charge in [0.05, 0.1) is 0 Å². The molecule has 0 bridgehead atoms. The summed E-state index contributed by atoms with van der Waals surface area (Å²) in [5, 5.41) is 3.41. The zero-order valence-corrected chi connectivity index (χ0v) is 8.80. The Morgan fingerprint density at radius 1 is 1.42 bits per heavy atom. The fraction of sp³-hybridized carbons (Fsp3) is 0.800. The standard InChI is InChI=1S/C10H22N2/c1-6-7-12(5)10(4)8-11-9(2)3/h6,9-11H,1,7-8H2,2-5H3. The van der Waals surface area contributed by atoms with Crippen molar-refractivity contribution in [2.24, 2.45) is 0 Å². The van der Waals surface area contributed by atoms with Crippen LogP contribution < -0.4 is 5.32 Å². The number of rotatable bonds is 6. The van der Waals surface area contributed by atoms with Crippen LogP contribution in [-0.2, 0) is 0 Å². The minimum absolute atomic E-state index is 0.574. The van der Waals surface area contributed by atoms with Crippen LogP contribution >= 0.6 is 0 Å². The van der Waals surface area contributed by atoms with Gasteiger partial charge in [-0.15, -0.1) is 6.58 Å². The summed E-state index contributed by atoms with van der Waals surface area (Å²) >= 11 is 0. The van der Waals surface area contributed by atoms with Crippen LogP contribution in [0.3, 0.4) is 0 Å². The molecule has 0 aromatic carbocycles. The summed E-state index contributed by atoms with van der Waals surface area (Å²) in [4.78, 5) is 2.28. The summed E-state index contributed by atoms with van der Waals surface area (Å²) in [5.74, 6) is 0. The van der Waals surface area contributed by atoms with Crippen LogP contribution in [0.15, 0.2) is 12.7 Å². The highest BCUT2D eigenvalue weighted by Crippen LogP contribution is 1.93. The van der Waals surface area contributed by atoms with Gasteiger partial charge in [0, 0.05) is 25.2 Å². The van der Waals surface area contributed by atoms with Gasteiger partial charge in [0.2, 0.25) is 0 Å². The smallest absolute Gasteiger partial charge is 0.0192 e. The molecule has 0 heterocycles. The van der Waals surface area contributed by atoms with Gasteiger partial charge in [-0.1, -0.05) is 19.9 Å². The maximum atomic E-state index is 3.72. The van der Waals surface area contributed by atoms with Crippen LogP contribution in [0.5, 0.6) is 0 Å². The average molecular weight is 170 g/mol. The first-order chi connectivity index (χ1) is 5.57. The van der Waals surface area contributed by atoms with Gasteiger partial charge in [-0.25, -0.2) is 0 Å². The number of nitrogens with zero attached hydrogens (tertiary/aromatic N) is 1. The van der Waals surface area contributed by atoms with Crippen molar-refractivity contribution in [1.82, 2.24) is 10.2 Å². The average Bonchev–Trinajstić information content (AvgIpc) is 2.00. The van der Waals surface area contributed by atoms with E-state index in [0.29, 0.717) is 12.1 Å². The van der Waals surface area contributed by atoms with Gasteiger partial charge in [-0.3, -0.25) is 4.90 Å². The van der Waals surface area contributed by atoms with E-state index >= 15 is 0 Å². The van der Waals surface area contributed by atoms with Gasteiger partial charge in [0.15, 0.2) is 0 Å². The molecule has 0 amide bonds. The summed E-state index contributed by atoms with van der Waals surface area (Å²) in [7, 11) is 2.12. The molecule has 0 aliphatic carbocycles. The summed E-state index contributed by atoms with van der Waals surface area (Å²) < 4.78 is 0. The quantitative estimate of drug-likeness (QED) is 0.608. The highest BCUT2D eigenvalue weighted by Gasteiger charge is 2.06. The zero-order valence-electron chi connectivity index (χ0n) is 8.80. The van der Waals surface area contributed by atoms with Crippen molar-refractivity contribution >= 4 is 0 Å². The molecule has 2 nitrogen and oxygen atoms in total. The van der Waals surface area contributed by atoms with Crippen LogP contribution in [0.4, 0.5) is 0 Å². The Labute approximate surface area is 76.6 Å². The summed E-state index contributed by atoms with van der Waals surface area (Å²) in [6.45, 7) is 12.3. The van der Waals surface area contributed by atoms with Gasteiger partial charge in [0.1, 0.15) is 0 Å². The van der Waals surface area contributed by atoms with E-state index in [1.54, 1.807) is 0 Å². The van der Waals surface area contributed by atoms with E-state index in [4.69, 9.17) is 0 Å². The largest absolute Gasteiger partial charge is 0.313 e. The highest BCUT2D eigenvalue weighted by atomic mass is 15.1. The predicted molar refractivity (Wildman–Crippen MR) is 55.4 cm³/mol. The van der Waals surface area contributed by atoms with E-state index < -0.39 is 0 Å². The molecule has 0 aromatic rings. The van der Waals surface area contributed by atoms with Crippen molar-refractivity contribution in [3.63, 3.8) is 0 Å². The van der Waals surface area contributed by atoms with E-state index in [2.05, 4.69) is 44.6 Å². The lowest BCUT2D eigenvalue weighted by atomic mass is 10.2. The molecule has 0 aliphatic rings. The van der Waals surface area contributed by atoms with E-state index in [1.807, 2.05) is 6.08 Å². The molecule has 0 fully saturated rings. The van der Waals surface area contributed by atoms with Crippen molar-refractivity contribution in [2.75, 3.05) is 20.1 Å². The third kappa shape index (κ3) is 5.33. The second-order valence-corrected chi connectivity index (χ2v) is 3.64. The van der Waals surface area contributed by atoms with Crippen molar-refractivity contribution in [1.29, 1.82) is 0 Å². The van der Waals surface area contributed by atoms with E-state index in [0.717, 1.165) is 13.1 Å². The van der Waals surface area contributed by atoms with Crippen molar-refractivity contribution < 1.29 is 0 Å². The molecule has 1 atom stereocenters. The fourth-order valence-electron chi connectivity index (χ4n) is 0.946. The molecule has 1 unspecified atom stereocenters. The van der Waals surface area contributed by atoms with Crippen LogP contribution in [-0.4, -0.2) is 37.1 Å². The van der Waals surface area contributed by atoms with Crippen molar-refractivity contribution in [2.45, 2.75) is 32.9 Å². The normalized spacial score (nSPS) is 13.8. The first-order valence-corrected chi connectivity index (χ1v) is 4.62. The minimum atomic E-state index is 0.574. The maximum absolute atomic E-state index is 3.72. The molecule has 0 saturated heterocycles. The second-order valence-electron chi connectivity index (χ2n) is 3.64. The molecule has 2 heteroatoms.